The Bertz CT molecular complexity index is 1230. The van der Waals surface area contributed by atoms with E-state index in [1.807, 2.05) is 12.1 Å². The van der Waals surface area contributed by atoms with Crippen molar-refractivity contribution in [1.29, 1.82) is 0 Å². The van der Waals surface area contributed by atoms with Crippen molar-refractivity contribution in [2.24, 2.45) is 0 Å². The third-order valence-electron chi connectivity index (χ3n) is 5.34. The zero-order chi connectivity index (χ0) is 19.4. The molecule has 2 N–H and O–H groups in total. The van der Waals surface area contributed by atoms with E-state index in [2.05, 4.69) is 38.1 Å². The molecule has 0 saturated heterocycles. The number of phenolic OH excluding ortho intramolecular Hbond substituents is 2. The van der Waals surface area contributed by atoms with Gasteiger partial charge in [0, 0.05) is 16.7 Å². The number of aromatic hydroxyl groups is 2. The van der Waals surface area contributed by atoms with Crippen LogP contribution in [0.15, 0.2) is 60.7 Å². The van der Waals surface area contributed by atoms with E-state index in [0.717, 1.165) is 44.3 Å². The molecule has 138 valence electrons. The van der Waals surface area contributed by atoms with Crippen molar-refractivity contribution in [3.63, 3.8) is 0 Å². The molecule has 0 atom stereocenters. The van der Waals surface area contributed by atoms with Gasteiger partial charge in [-0.3, -0.25) is 0 Å². The van der Waals surface area contributed by atoms with Crippen LogP contribution in [0.5, 0.6) is 17.2 Å². The highest BCUT2D eigenvalue weighted by molar-refractivity contribution is 6.05. The molecule has 1 heterocycles. The highest BCUT2D eigenvalue weighted by Gasteiger charge is 2.24. The third kappa shape index (κ3) is 2.59. The fraction of sp³-hybridized carbons (Fsp3) is 0.120. The summed E-state index contributed by atoms with van der Waals surface area (Å²) in [5.41, 5.74) is 7.48. The zero-order valence-electron chi connectivity index (χ0n) is 15.8. The molecule has 0 aliphatic carbocycles. The lowest BCUT2D eigenvalue weighted by molar-refractivity contribution is 0.303. The number of hydrogen-bond acceptors (Lipinski definition) is 3. The van der Waals surface area contributed by atoms with Gasteiger partial charge in [0.25, 0.3) is 0 Å². The second-order valence-electron chi connectivity index (χ2n) is 7.54. The summed E-state index contributed by atoms with van der Waals surface area (Å²) in [6, 6.07) is 19.4. The van der Waals surface area contributed by atoms with Crippen LogP contribution in [-0.4, -0.2) is 10.2 Å². The van der Waals surface area contributed by atoms with E-state index in [9.17, 15) is 10.2 Å². The van der Waals surface area contributed by atoms with Crippen molar-refractivity contribution in [3.05, 3.63) is 77.4 Å². The number of ether oxygens (including phenoxy) is 1. The van der Waals surface area contributed by atoms with Crippen molar-refractivity contribution in [1.82, 2.24) is 0 Å². The molecule has 4 aromatic carbocycles. The third-order valence-corrected chi connectivity index (χ3v) is 5.34. The Balaban J connectivity index is 1.91. The molecule has 3 nitrogen and oxygen atoms in total. The van der Waals surface area contributed by atoms with E-state index >= 15 is 0 Å². The fourth-order valence-electron chi connectivity index (χ4n) is 4.23. The molecule has 0 unspecified atom stereocenters. The number of benzene rings is 4. The van der Waals surface area contributed by atoms with Crippen molar-refractivity contribution >= 4 is 10.8 Å². The van der Waals surface area contributed by atoms with Gasteiger partial charge >= 0.3 is 0 Å². The lowest BCUT2D eigenvalue weighted by Gasteiger charge is -2.25. The van der Waals surface area contributed by atoms with Gasteiger partial charge in [0.15, 0.2) is 0 Å². The molecule has 0 saturated carbocycles. The first-order valence-corrected chi connectivity index (χ1v) is 9.33. The molecular weight excluding hydrogens is 348 g/mol. The van der Waals surface area contributed by atoms with E-state index in [0.29, 0.717) is 6.61 Å². The maximum atomic E-state index is 10.1. The standard InChI is InChI=1S/C25H20O3/c1-14-7-15(2)9-17(8-14)24-22-12-20(27)4-3-16(22)11-23-21-6-5-19(26)10-18(21)13-28-25(23)24/h3-12,26-27H,13H2,1-2H3. The van der Waals surface area contributed by atoms with Crippen LogP contribution in [0.3, 0.4) is 0 Å². The summed E-state index contributed by atoms with van der Waals surface area (Å²) < 4.78 is 6.23. The van der Waals surface area contributed by atoms with E-state index < -0.39 is 0 Å². The lowest BCUT2D eigenvalue weighted by atomic mass is 9.87. The summed E-state index contributed by atoms with van der Waals surface area (Å²) >= 11 is 0. The van der Waals surface area contributed by atoms with Crippen molar-refractivity contribution in [2.75, 3.05) is 0 Å². The summed E-state index contributed by atoms with van der Waals surface area (Å²) in [7, 11) is 0. The van der Waals surface area contributed by atoms with Gasteiger partial charge in [-0.25, -0.2) is 0 Å². The van der Waals surface area contributed by atoms with Crippen LogP contribution in [0.2, 0.25) is 0 Å². The summed E-state index contributed by atoms with van der Waals surface area (Å²) in [6.45, 7) is 4.58. The molecule has 28 heavy (non-hydrogen) atoms. The smallest absolute Gasteiger partial charge is 0.136 e. The van der Waals surface area contributed by atoms with Crippen molar-refractivity contribution < 1.29 is 14.9 Å². The first-order valence-electron chi connectivity index (χ1n) is 9.33. The quantitative estimate of drug-likeness (QED) is 0.427. The Morgan fingerprint density at radius 3 is 2.25 bits per heavy atom. The highest BCUT2D eigenvalue weighted by atomic mass is 16.5. The topological polar surface area (TPSA) is 49.7 Å². The number of rotatable bonds is 1. The van der Waals surface area contributed by atoms with Gasteiger partial charge in [-0.15, -0.1) is 0 Å². The Kier molecular flexibility index (Phi) is 3.59. The molecule has 3 heteroatoms. The van der Waals surface area contributed by atoms with Crippen LogP contribution in [0.4, 0.5) is 0 Å². The minimum atomic E-state index is 0.235. The number of phenols is 2. The SMILES string of the molecule is Cc1cc(C)cc(-c2c3c(cc4ccc(O)cc24)-c2ccc(O)cc2CO3)c1. The van der Waals surface area contributed by atoms with E-state index in [4.69, 9.17) is 4.74 Å². The van der Waals surface area contributed by atoms with Gasteiger partial charge in [0.1, 0.15) is 23.9 Å². The molecule has 0 aromatic heterocycles. The van der Waals surface area contributed by atoms with Crippen LogP contribution < -0.4 is 4.74 Å². The van der Waals surface area contributed by atoms with E-state index in [1.165, 1.54) is 11.1 Å². The molecule has 0 fully saturated rings. The maximum Gasteiger partial charge on any atom is 0.136 e. The number of hydrogen-bond donors (Lipinski definition) is 2. The molecular formula is C25H20O3. The van der Waals surface area contributed by atoms with Gasteiger partial charge in [-0.05, 0) is 66.1 Å². The Morgan fingerprint density at radius 1 is 0.750 bits per heavy atom. The first-order chi connectivity index (χ1) is 13.5. The van der Waals surface area contributed by atoms with Crippen molar-refractivity contribution in [2.45, 2.75) is 20.5 Å². The maximum absolute atomic E-state index is 10.1. The minimum absolute atomic E-state index is 0.235. The summed E-state index contributed by atoms with van der Waals surface area (Å²) in [5.74, 6) is 1.30. The predicted octanol–water partition coefficient (Wildman–Crippen LogP) is 6.09. The largest absolute Gasteiger partial charge is 0.508 e. The second-order valence-corrected chi connectivity index (χ2v) is 7.54. The molecule has 4 aromatic rings. The van der Waals surface area contributed by atoms with Gasteiger partial charge in [0.2, 0.25) is 0 Å². The monoisotopic (exact) mass is 368 g/mol. The molecule has 0 radical (unpaired) electrons. The number of aryl methyl sites for hydroxylation is 2. The fourth-order valence-corrected chi connectivity index (χ4v) is 4.23. The van der Waals surface area contributed by atoms with Crippen molar-refractivity contribution in [3.8, 4) is 39.5 Å². The lowest BCUT2D eigenvalue weighted by Crippen LogP contribution is -2.07. The van der Waals surface area contributed by atoms with E-state index in [1.54, 1.807) is 24.3 Å². The molecule has 0 bridgehead atoms. The van der Waals surface area contributed by atoms with Gasteiger partial charge in [-0.2, -0.15) is 0 Å². The predicted molar refractivity (Wildman–Crippen MR) is 112 cm³/mol. The molecule has 0 spiro atoms. The summed E-state index contributed by atoms with van der Waals surface area (Å²) in [5, 5.41) is 22.0. The minimum Gasteiger partial charge on any atom is -0.508 e. The highest BCUT2D eigenvalue weighted by Crippen LogP contribution is 2.49. The van der Waals surface area contributed by atoms with Gasteiger partial charge in [-0.1, -0.05) is 41.5 Å². The second kappa shape index (κ2) is 6.03. The molecule has 1 aliphatic rings. The summed E-state index contributed by atoms with van der Waals surface area (Å²) in [4.78, 5) is 0. The first kappa shape index (κ1) is 16.7. The molecule has 0 amide bonds. The Morgan fingerprint density at radius 2 is 1.46 bits per heavy atom. The van der Waals surface area contributed by atoms with E-state index in [-0.39, 0.29) is 11.5 Å². The normalized spacial score (nSPS) is 12.4. The Labute approximate surface area is 163 Å². The average molecular weight is 368 g/mol. The zero-order valence-corrected chi connectivity index (χ0v) is 15.8. The molecule has 1 aliphatic heterocycles. The van der Waals surface area contributed by atoms with Gasteiger partial charge < -0.3 is 14.9 Å². The van der Waals surface area contributed by atoms with Crippen LogP contribution in [0.25, 0.3) is 33.0 Å². The van der Waals surface area contributed by atoms with Crippen LogP contribution in [-0.2, 0) is 6.61 Å². The van der Waals surface area contributed by atoms with Crippen LogP contribution in [0.1, 0.15) is 16.7 Å². The molecule has 5 rings (SSSR count). The summed E-state index contributed by atoms with van der Waals surface area (Å²) in [6.07, 6.45) is 0. The van der Waals surface area contributed by atoms with Crippen LogP contribution >= 0.6 is 0 Å². The van der Waals surface area contributed by atoms with Gasteiger partial charge in [0.05, 0.1) is 0 Å². The number of fused-ring (bicyclic) bond motifs is 4. The Hall–Kier alpha value is -3.46. The van der Waals surface area contributed by atoms with Crippen LogP contribution in [0, 0.1) is 13.8 Å². The average Bonchev–Trinajstić information content (AvgIpc) is 2.65.